The highest BCUT2D eigenvalue weighted by Crippen LogP contribution is 2.32. The Morgan fingerprint density at radius 2 is 2.05 bits per heavy atom. The molecule has 0 fully saturated rings. The van der Waals surface area contributed by atoms with Crippen molar-refractivity contribution in [1.82, 2.24) is 20.2 Å². The maximum absolute atomic E-state index is 6.23. The number of anilines is 1. The Kier molecular flexibility index (Phi) is 4.04. The number of nitrogens with two attached hydrogens (primary N) is 1. The van der Waals surface area contributed by atoms with Crippen LogP contribution in [0.15, 0.2) is 18.2 Å². The highest BCUT2D eigenvalue weighted by atomic mass is 35.5. The lowest BCUT2D eigenvalue weighted by Gasteiger charge is -2.16. The molecule has 6 heteroatoms. The molecular weight excluding hydrogens is 262 g/mol. The van der Waals surface area contributed by atoms with Crippen molar-refractivity contribution < 1.29 is 0 Å². The van der Waals surface area contributed by atoms with Crippen LogP contribution in [0.1, 0.15) is 33.2 Å². The number of hydrogen-bond acceptors (Lipinski definition) is 4. The van der Waals surface area contributed by atoms with Crippen LogP contribution in [0.2, 0.25) is 5.02 Å². The molecule has 1 unspecified atom stereocenters. The number of hydrogen-bond donors (Lipinski definition) is 1. The Morgan fingerprint density at radius 1 is 1.32 bits per heavy atom. The topological polar surface area (TPSA) is 69.6 Å². The summed E-state index contributed by atoms with van der Waals surface area (Å²) >= 11 is 6.23. The zero-order valence-corrected chi connectivity index (χ0v) is 12.1. The molecule has 1 heterocycles. The van der Waals surface area contributed by atoms with Crippen molar-refractivity contribution in [2.75, 3.05) is 5.73 Å². The molecule has 2 rings (SSSR count). The molecule has 0 aliphatic rings. The highest BCUT2D eigenvalue weighted by molar-refractivity contribution is 6.35. The first-order valence-electron chi connectivity index (χ1n) is 6.33. The Balaban J connectivity index is 2.41. The van der Waals surface area contributed by atoms with E-state index in [4.69, 9.17) is 17.3 Å². The quantitative estimate of drug-likeness (QED) is 0.873. The summed E-state index contributed by atoms with van der Waals surface area (Å²) in [4.78, 5) is 0. The van der Waals surface area contributed by atoms with E-state index in [1.807, 2.05) is 12.1 Å². The Bertz CT molecular complexity index is 564. The van der Waals surface area contributed by atoms with Crippen molar-refractivity contribution in [3.63, 3.8) is 0 Å². The van der Waals surface area contributed by atoms with Crippen LogP contribution < -0.4 is 5.73 Å². The molecule has 0 spiro atoms. The zero-order valence-electron chi connectivity index (χ0n) is 11.3. The van der Waals surface area contributed by atoms with E-state index in [1.165, 1.54) is 0 Å². The minimum atomic E-state index is 0.211. The predicted octanol–water partition coefficient (Wildman–Crippen LogP) is 3.18. The maximum Gasteiger partial charge on any atom is 0.183 e. The molecule has 1 aromatic carbocycles. The van der Waals surface area contributed by atoms with Crippen molar-refractivity contribution in [2.24, 2.45) is 5.92 Å². The molecule has 0 aliphatic carbocycles. The third-order valence-corrected chi connectivity index (χ3v) is 3.41. The molecule has 0 saturated carbocycles. The molecule has 2 N–H and O–H groups in total. The molecule has 0 radical (unpaired) electrons. The van der Waals surface area contributed by atoms with E-state index in [2.05, 4.69) is 36.3 Å². The van der Waals surface area contributed by atoms with Gasteiger partial charge in [0.25, 0.3) is 0 Å². The van der Waals surface area contributed by atoms with Gasteiger partial charge in [-0.05, 0) is 41.8 Å². The average Bonchev–Trinajstić information content (AvgIpc) is 2.80. The summed E-state index contributed by atoms with van der Waals surface area (Å²) in [6, 6.07) is 5.70. The third kappa shape index (κ3) is 2.87. The van der Waals surface area contributed by atoms with Crippen LogP contribution in [0.25, 0.3) is 11.4 Å². The second-order valence-electron chi connectivity index (χ2n) is 5.13. The summed E-state index contributed by atoms with van der Waals surface area (Å²) in [6.07, 6.45) is 0.998. The molecule has 1 atom stereocenters. The van der Waals surface area contributed by atoms with E-state index in [0.717, 1.165) is 12.0 Å². The first-order chi connectivity index (χ1) is 9.00. The van der Waals surface area contributed by atoms with Gasteiger partial charge in [0.05, 0.1) is 16.8 Å². The smallest absolute Gasteiger partial charge is 0.183 e. The van der Waals surface area contributed by atoms with Gasteiger partial charge in [0.15, 0.2) is 5.82 Å². The van der Waals surface area contributed by atoms with E-state index < -0.39 is 0 Å². The zero-order chi connectivity index (χ0) is 14.0. The summed E-state index contributed by atoms with van der Waals surface area (Å²) < 4.78 is 1.81. The summed E-state index contributed by atoms with van der Waals surface area (Å²) in [7, 11) is 0. The monoisotopic (exact) mass is 279 g/mol. The van der Waals surface area contributed by atoms with Crippen LogP contribution in [-0.2, 0) is 0 Å². The molecular formula is C13H18ClN5. The summed E-state index contributed by atoms with van der Waals surface area (Å²) in [5.74, 6) is 1.23. The van der Waals surface area contributed by atoms with Crippen molar-refractivity contribution in [2.45, 2.75) is 33.2 Å². The van der Waals surface area contributed by atoms with Crippen LogP contribution in [0.5, 0.6) is 0 Å². The van der Waals surface area contributed by atoms with E-state index >= 15 is 0 Å². The molecule has 2 aromatic rings. The number of tetrazole rings is 1. The third-order valence-electron chi connectivity index (χ3n) is 2.99. The summed E-state index contributed by atoms with van der Waals surface area (Å²) in [5, 5.41) is 12.4. The highest BCUT2D eigenvalue weighted by Gasteiger charge is 2.18. The molecule has 0 saturated heterocycles. The van der Waals surface area contributed by atoms with Gasteiger partial charge in [-0.3, -0.25) is 0 Å². The van der Waals surface area contributed by atoms with Crippen molar-refractivity contribution in [3.8, 4) is 11.4 Å². The number of rotatable bonds is 4. The van der Waals surface area contributed by atoms with Gasteiger partial charge in [0, 0.05) is 5.56 Å². The first-order valence-corrected chi connectivity index (χ1v) is 6.70. The molecule has 5 nitrogen and oxygen atoms in total. The minimum Gasteiger partial charge on any atom is -0.398 e. The van der Waals surface area contributed by atoms with Crippen LogP contribution >= 0.6 is 11.6 Å². The SMILES string of the molecule is CC(C)CC(C)n1nnnc1-c1cccc(N)c1Cl. The van der Waals surface area contributed by atoms with Gasteiger partial charge in [0.1, 0.15) is 0 Å². The molecule has 19 heavy (non-hydrogen) atoms. The van der Waals surface area contributed by atoms with Crippen molar-refractivity contribution in [1.29, 1.82) is 0 Å². The van der Waals surface area contributed by atoms with Crippen LogP contribution in [0.3, 0.4) is 0 Å². The normalized spacial score (nSPS) is 12.9. The van der Waals surface area contributed by atoms with Gasteiger partial charge < -0.3 is 5.73 Å². The van der Waals surface area contributed by atoms with Gasteiger partial charge in [-0.1, -0.05) is 31.5 Å². The molecule has 102 valence electrons. The fourth-order valence-corrected chi connectivity index (χ4v) is 2.38. The van der Waals surface area contributed by atoms with Crippen molar-refractivity contribution in [3.05, 3.63) is 23.2 Å². The molecule has 0 aliphatic heterocycles. The minimum absolute atomic E-state index is 0.211. The van der Waals surface area contributed by atoms with Gasteiger partial charge in [0.2, 0.25) is 0 Å². The predicted molar refractivity (Wildman–Crippen MR) is 76.8 cm³/mol. The van der Waals surface area contributed by atoms with Gasteiger partial charge in [-0.2, -0.15) is 0 Å². The second kappa shape index (κ2) is 5.57. The molecule has 0 bridgehead atoms. The number of halogens is 1. The van der Waals surface area contributed by atoms with Crippen LogP contribution in [0.4, 0.5) is 5.69 Å². The number of benzene rings is 1. The van der Waals surface area contributed by atoms with Gasteiger partial charge in [-0.25, -0.2) is 4.68 Å². The Hall–Kier alpha value is -1.62. The van der Waals surface area contributed by atoms with Crippen LogP contribution in [-0.4, -0.2) is 20.2 Å². The second-order valence-corrected chi connectivity index (χ2v) is 5.51. The number of nitrogen functional groups attached to an aromatic ring is 1. The molecule has 0 amide bonds. The summed E-state index contributed by atoms with van der Waals surface area (Å²) in [5.41, 5.74) is 7.12. The Labute approximate surface area is 117 Å². The number of aromatic nitrogens is 4. The number of nitrogens with zero attached hydrogens (tertiary/aromatic N) is 4. The van der Waals surface area contributed by atoms with Crippen molar-refractivity contribution >= 4 is 17.3 Å². The van der Waals surface area contributed by atoms with E-state index in [0.29, 0.717) is 22.5 Å². The van der Waals surface area contributed by atoms with Gasteiger partial charge >= 0.3 is 0 Å². The summed E-state index contributed by atoms with van der Waals surface area (Å²) in [6.45, 7) is 6.45. The maximum atomic E-state index is 6.23. The lowest BCUT2D eigenvalue weighted by molar-refractivity contribution is 0.394. The first kappa shape index (κ1) is 13.8. The lowest BCUT2D eigenvalue weighted by Crippen LogP contribution is -2.11. The fraction of sp³-hybridized carbons (Fsp3) is 0.462. The van der Waals surface area contributed by atoms with E-state index in [9.17, 15) is 0 Å². The van der Waals surface area contributed by atoms with E-state index in [1.54, 1.807) is 10.7 Å². The standard InChI is InChI=1S/C13H18ClN5/c1-8(2)7-9(3)19-13(16-17-18-19)10-5-4-6-11(15)12(10)14/h4-6,8-9H,7,15H2,1-3H3. The Morgan fingerprint density at radius 3 is 2.74 bits per heavy atom. The van der Waals surface area contributed by atoms with Crippen LogP contribution in [0, 0.1) is 5.92 Å². The molecule has 1 aromatic heterocycles. The average molecular weight is 280 g/mol. The largest absolute Gasteiger partial charge is 0.398 e. The fourth-order valence-electron chi connectivity index (χ4n) is 2.17. The lowest BCUT2D eigenvalue weighted by atomic mass is 10.1. The van der Waals surface area contributed by atoms with Gasteiger partial charge in [-0.15, -0.1) is 5.10 Å². The van der Waals surface area contributed by atoms with E-state index in [-0.39, 0.29) is 6.04 Å².